The van der Waals surface area contributed by atoms with Gasteiger partial charge in [0.2, 0.25) is 0 Å². The minimum Gasteiger partial charge on any atom is -0.206 e. The summed E-state index contributed by atoms with van der Waals surface area (Å²) < 4.78 is 13.9. The molecular formula is C11H13BrClF. The predicted molar refractivity (Wildman–Crippen MR) is 62.4 cm³/mol. The van der Waals surface area contributed by atoms with Gasteiger partial charge < -0.3 is 0 Å². The predicted octanol–water partition coefficient (Wildman–Crippen LogP) is 4.62. The van der Waals surface area contributed by atoms with Gasteiger partial charge in [-0.1, -0.05) is 26.8 Å². The highest BCUT2D eigenvalue weighted by atomic mass is 79.9. The lowest BCUT2D eigenvalue weighted by atomic mass is 9.86. The smallest absolute Gasteiger partial charge is 0.137 e. The number of alkyl halides is 1. The first-order chi connectivity index (χ1) is 6.36. The highest BCUT2D eigenvalue weighted by Gasteiger charge is 2.17. The van der Waals surface area contributed by atoms with E-state index in [0.29, 0.717) is 10.4 Å². The third kappa shape index (κ3) is 2.48. The fourth-order valence-electron chi connectivity index (χ4n) is 1.18. The fourth-order valence-corrected chi connectivity index (χ4v) is 1.92. The van der Waals surface area contributed by atoms with Crippen molar-refractivity contribution in [3.63, 3.8) is 0 Å². The van der Waals surface area contributed by atoms with E-state index >= 15 is 0 Å². The van der Waals surface area contributed by atoms with Crippen LogP contribution < -0.4 is 0 Å². The molecule has 0 aliphatic carbocycles. The Morgan fingerprint density at radius 2 is 1.93 bits per heavy atom. The molecule has 1 aromatic rings. The van der Waals surface area contributed by atoms with Gasteiger partial charge in [-0.2, -0.15) is 0 Å². The molecule has 0 amide bonds. The van der Waals surface area contributed by atoms with Gasteiger partial charge in [-0.25, -0.2) is 4.39 Å². The number of benzene rings is 1. The zero-order valence-corrected chi connectivity index (χ0v) is 10.8. The second kappa shape index (κ2) is 4.19. The first-order valence-corrected chi connectivity index (χ1v) is 5.73. The molecule has 0 aromatic heterocycles. The van der Waals surface area contributed by atoms with Gasteiger partial charge in [0.05, 0.1) is 4.47 Å². The van der Waals surface area contributed by atoms with Crippen molar-refractivity contribution in [2.75, 3.05) is 0 Å². The van der Waals surface area contributed by atoms with E-state index < -0.39 is 0 Å². The lowest BCUT2D eigenvalue weighted by Crippen LogP contribution is -2.12. The molecule has 0 saturated heterocycles. The van der Waals surface area contributed by atoms with E-state index in [1.54, 1.807) is 6.07 Å². The summed E-state index contributed by atoms with van der Waals surface area (Å²) in [4.78, 5) is 0. The minimum absolute atomic E-state index is 0.0532. The van der Waals surface area contributed by atoms with Crippen molar-refractivity contribution in [2.24, 2.45) is 0 Å². The Labute approximate surface area is 97.6 Å². The fraction of sp³-hybridized carbons (Fsp3) is 0.455. The summed E-state index contributed by atoms with van der Waals surface area (Å²) in [6.07, 6.45) is 0. The van der Waals surface area contributed by atoms with E-state index in [2.05, 4.69) is 15.9 Å². The molecule has 0 nitrogen and oxygen atoms in total. The van der Waals surface area contributed by atoms with Gasteiger partial charge in [-0.3, -0.25) is 0 Å². The van der Waals surface area contributed by atoms with E-state index in [1.807, 2.05) is 26.8 Å². The molecule has 0 bridgehead atoms. The molecule has 3 heteroatoms. The standard InChI is InChI=1S/C11H13BrClF/c1-11(2,3)8-4-7(6-13)10(12)9(14)5-8/h4-5H,6H2,1-3H3. The van der Waals surface area contributed by atoms with Crippen molar-refractivity contribution >= 4 is 27.5 Å². The Kier molecular flexibility index (Phi) is 3.59. The van der Waals surface area contributed by atoms with Crippen LogP contribution in [0.4, 0.5) is 4.39 Å². The summed E-state index contributed by atoms with van der Waals surface area (Å²) in [6.45, 7) is 6.15. The first-order valence-electron chi connectivity index (χ1n) is 4.40. The quantitative estimate of drug-likeness (QED) is 0.658. The lowest BCUT2D eigenvalue weighted by molar-refractivity contribution is 0.568. The Balaban J connectivity index is 3.30. The van der Waals surface area contributed by atoms with Crippen molar-refractivity contribution in [3.05, 3.63) is 33.5 Å². The highest BCUT2D eigenvalue weighted by Crippen LogP contribution is 2.30. The van der Waals surface area contributed by atoms with Crippen molar-refractivity contribution in [1.29, 1.82) is 0 Å². The molecule has 0 spiro atoms. The Morgan fingerprint density at radius 1 is 1.36 bits per heavy atom. The summed E-state index contributed by atoms with van der Waals surface area (Å²) in [7, 11) is 0. The number of halogens is 3. The second-order valence-electron chi connectivity index (χ2n) is 4.31. The van der Waals surface area contributed by atoms with Crippen molar-refractivity contribution in [3.8, 4) is 0 Å². The molecular weight excluding hydrogens is 266 g/mol. The van der Waals surface area contributed by atoms with Crippen LogP contribution in [0.25, 0.3) is 0 Å². The van der Waals surface area contributed by atoms with Crippen LogP contribution in [0.2, 0.25) is 0 Å². The van der Waals surface area contributed by atoms with Gasteiger partial charge in [-0.15, -0.1) is 11.6 Å². The summed E-state index contributed by atoms with van der Waals surface area (Å²) in [6, 6.07) is 3.50. The minimum atomic E-state index is -0.243. The van der Waals surface area contributed by atoms with Gasteiger partial charge in [0, 0.05) is 5.88 Å². The summed E-state index contributed by atoms with van der Waals surface area (Å²) in [5, 5.41) is 0. The molecule has 78 valence electrons. The van der Waals surface area contributed by atoms with E-state index in [0.717, 1.165) is 11.1 Å². The molecule has 14 heavy (non-hydrogen) atoms. The summed E-state index contributed by atoms with van der Waals surface area (Å²) >= 11 is 8.91. The van der Waals surface area contributed by atoms with Crippen LogP contribution in [0.3, 0.4) is 0 Å². The Morgan fingerprint density at radius 3 is 2.36 bits per heavy atom. The van der Waals surface area contributed by atoms with Gasteiger partial charge >= 0.3 is 0 Å². The van der Waals surface area contributed by atoms with Gasteiger partial charge in [-0.05, 0) is 38.5 Å². The van der Waals surface area contributed by atoms with Crippen LogP contribution >= 0.6 is 27.5 Å². The summed E-state index contributed by atoms with van der Waals surface area (Å²) in [5.41, 5.74) is 1.72. The van der Waals surface area contributed by atoms with Gasteiger partial charge in [0.1, 0.15) is 5.82 Å². The second-order valence-corrected chi connectivity index (χ2v) is 5.38. The SMILES string of the molecule is CC(C)(C)c1cc(F)c(Br)c(CCl)c1. The zero-order valence-electron chi connectivity index (χ0n) is 8.50. The number of hydrogen-bond donors (Lipinski definition) is 0. The largest absolute Gasteiger partial charge is 0.206 e. The first kappa shape index (κ1) is 12.0. The van der Waals surface area contributed by atoms with Gasteiger partial charge in [0.25, 0.3) is 0 Å². The molecule has 0 saturated carbocycles. The van der Waals surface area contributed by atoms with Crippen molar-refractivity contribution in [1.82, 2.24) is 0 Å². The van der Waals surface area contributed by atoms with Crippen LogP contribution in [0.15, 0.2) is 16.6 Å². The summed E-state index contributed by atoms with van der Waals surface area (Å²) in [5.74, 6) is 0.0783. The average molecular weight is 280 g/mol. The third-order valence-electron chi connectivity index (χ3n) is 2.11. The maximum absolute atomic E-state index is 13.5. The maximum atomic E-state index is 13.5. The van der Waals surface area contributed by atoms with Gasteiger partial charge in [0.15, 0.2) is 0 Å². The maximum Gasteiger partial charge on any atom is 0.137 e. The normalized spacial score (nSPS) is 11.9. The molecule has 1 aromatic carbocycles. The average Bonchev–Trinajstić information content (AvgIpc) is 2.07. The molecule has 0 heterocycles. The van der Waals surface area contributed by atoms with E-state index in [-0.39, 0.29) is 11.2 Å². The van der Waals surface area contributed by atoms with Crippen LogP contribution in [-0.2, 0) is 11.3 Å². The Hall–Kier alpha value is -0.0800. The monoisotopic (exact) mass is 278 g/mol. The van der Waals surface area contributed by atoms with E-state index in [9.17, 15) is 4.39 Å². The molecule has 0 fully saturated rings. The van der Waals surface area contributed by atoms with Crippen LogP contribution in [-0.4, -0.2) is 0 Å². The highest BCUT2D eigenvalue weighted by molar-refractivity contribution is 9.10. The number of hydrogen-bond acceptors (Lipinski definition) is 0. The molecule has 1 rings (SSSR count). The molecule has 0 aliphatic heterocycles. The lowest BCUT2D eigenvalue weighted by Gasteiger charge is -2.20. The van der Waals surface area contributed by atoms with E-state index in [4.69, 9.17) is 11.6 Å². The molecule has 0 radical (unpaired) electrons. The third-order valence-corrected chi connectivity index (χ3v) is 3.29. The molecule has 0 aliphatic rings. The van der Waals surface area contributed by atoms with Crippen LogP contribution in [0.5, 0.6) is 0 Å². The zero-order chi connectivity index (χ0) is 10.9. The van der Waals surface area contributed by atoms with E-state index in [1.165, 1.54) is 0 Å². The van der Waals surface area contributed by atoms with Crippen LogP contribution in [0.1, 0.15) is 31.9 Å². The molecule has 0 N–H and O–H groups in total. The van der Waals surface area contributed by atoms with Crippen LogP contribution in [0, 0.1) is 5.82 Å². The topological polar surface area (TPSA) is 0 Å². The molecule has 0 atom stereocenters. The van der Waals surface area contributed by atoms with Crippen molar-refractivity contribution in [2.45, 2.75) is 32.1 Å². The Bertz CT molecular complexity index is 342. The van der Waals surface area contributed by atoms with Crippen molar-refractivity contribution < 1.29 is 4.39 Å². The number of rotatable bonds is 1. The molecule has 0 unspecified atom stereocenters.